The summed E-state index contributed by atoms with van der Waals surface area (Å²) in [6.45, 7) is 9.39. The number of rotatable bonds is 5. The Hall–Kier alpha value is -3.97. The second kappa shape index (κ2) is 11.8. The van der Waals surface area contributed by atoms with Gasteiger partial charge < -0.3 is 20.3 Å². The molecule has 0 bridgehead atoms. The number of benzene rings is 2. The van der Waals surface area contributed by atoms with Gasteiger partial charge in [-0.3, -0.25) is 14.5 Å². The maximum absolute atomic E-state index is 13.1. The first kappa shape index (κ1) is 26.6. The minimum atomic E-state index is -0.229. The highest BCUT2D eigenvalue weighted by molar-refractivity contribution is 6.52. The number of hydrogen-bond acceptors (Lipinski definition) is 6. The van der Waals surface area contributed by atoms with Crippen molar-refractivity contribution < 1.29 is 14.3 Å². The molecule has 198 valence electrons. The van der Waals surface area contributed by atoms with Crippen LogP contribution >= 0.6 is 0 Å². The summed E-state index contributed by atoms with van der Waals surface area (Å²) >= 11 is 0. The van der Waals surface area contributed by atoms with Crippen molar-refractivity contribution in [2.45, 2.75) is 20.0 Å². The van der Waals surface area contributed by atoms with Gasteiger partial charge in [0.25, 0.3) is 11.8 Å². The lowest BCUT2D eigenvalue weighted by atomic mass is 10.0. The first-order valence-electron chi connectivity index (χ1n) is 13.0. The highest BCUT2D eigenvalue weighted by atomic mass is 28.2. The lowest BCUT2D eigenvalue weighted by Crippen LogP contribution is -2.44. The molecule has 0 saturated carbocycles. The standard InChI is InChI=1S/C30H31N5O3Si/c1-20-4-6-23(15-22(20)7-5-21-14-26-29(31-17-21)33-28(36)19-38-26)30(37)32-25-9-8-24(27(16-25)39-3)18-35-12-10-34(2)11-13-35/h4,6,8-9,14-17H,10-13,18-19H2,1-3H3,(H,32,37)(H,31,33,36). The van der Waals surface area contributed by atoms with Crippen molar-refractivity contribution in [3.8, 4) is 17.6 Å². The van der Waals surface area contributed by atoms with Gasteiger partial charge in [-0.15, -0.1) is 0 Å². The normalized spacial score (nSPS) is 15.4. The summed E-state index contributed by atoms with van der Waals surface area (Å²) in [7, 11) is 2.81. The number of likely N-dealkylation sites (N-methyl/N-ethyl adjacent to an activating group) is 1. The van der Waals surface area contributed by atoms with Crippen LogP contribution in [0.4, 0.5) is 11.5 Å². The number of aryl methyl sites for hydroxylation is 1. The molecule has 2 aliphatic rings. The van der Waals surface area contributed by atoms with Gasteiger partial charge >= 0.3 is 0 Å². The summed E-state index contributed by atoms with van der Waals surface area (Å²) in [5.74, 6) is 6.73. The Morgan fingerprint density at radius 3 is 2.74 bits per heavy atom. The molecule has 2 amide bonds. The predicted molar refractivity (Wildman–Crippen MR) is 154 cm³/mol. The van der Waals surface area contributed by atoms with Crippen LogP contribution in [0.1, 0.15) is 32.6 Å². The Morgan fingerprint density at radius 2 is 1.95 bits per heavy atom. The Labute approximate surface area is 231 Å². The summed E-state index contributed by atoms with van der Waals surface area (Å²) in [6, 6.07) is 13.5. The predicted octanol–water partition coefficient (Wildman–Crippen LogP) is 2.50. The summed E-state index contributed by atoms with van der Waals surface area (Å²) in [5.41, 5.74) is 5.05. The van der Waals surface area contributed by atoms with Crippen LogP contribution in [0.3, 0.4) is 0 Å². The number of piperazine rings is 1. The molecule has 9 heteroatoms. The van der Waals surface area contributed by atoms with Crippen molar-refractivity contribution in [2.24, 2.45) is 0 Å². The molecule has 8 nitrogen and oxygen atoms in total. The van der Waals surface area contributed by atoms with Gasteiger partial charge in [0.2, 0.25) is 0 Å². The van der Waals surface area contributed by atoms with Gasteiger partial charge in [0.05, 0.1) is 9.52 Å². The van der Waals surface area contributed by atoms with Crippen molar-refractivity contribution in [1.82, 2.24) is 14.8 Å². The van der Waals surface area contributed by atoms with Gasteiger partial charge in [0.15, 0.2) is 18.2 Å². The molecule has 2 aromatic carbocycles. The number of ether oxygens (including phenoxy) is 1. The van der Waals surface area contributed by atoms with Crippen LogP contribution in [0.2, 0.25) is 6.55 Å². The van der Waals surface area contributed by atoms with Crippen LogP contribution in [-0.4, -0.2) is 76.0 Å². The maximum atomic E-state index is 13.1. The summed E-state index contributed by atoms with van der Waals surface area (Å²) < 4.78 is 5.43. The fourth-order valence-corrected chi connectivity index (χ4v) is 5.32. The third-order valence-electron chi connectivity index (χ3n) is 6.94. The van der Waals surface area contributed by atoms with E-state index in [1.54, 1.807) is 12.3 Å². The third-order valence-corrected chi connectivity index (χ3v) is 7.94. The van der Waals surface area contributed by atoms with Gasteiger partial charge in [-0.25, -0.2) is 4.98 Å². The van der Waals surface area contributed by atoms with Crippen molar-refractivity contribution in [1.29, 1.82) is 0 Å². The molecule has 0 unspecified atom stereocenters. The van der Waals surface area contributed by atoms with Crippen LogP contribution in [0.25, 0.3) is 0 Å². The van der Waals surface area contributed by atoms with Crippen LogP contribution in [0.15, 0.2) is 48.7 Å². The molecule has 1 saturated heterocycles. The molecule has 2 N–H and O–H groups in total. The number of hydrogen-bond donors (Lipinski definition) is 2. The first-order valence-corrected chi connectivity index (χ1v) is 14.5. The lowest BCUT2D eigenvalue weighted by molar-refractivity contribution is -0.118. The number of fused-ring (bicyclic) bond motifs is 1. The SMILES string of the molecule is C[Si]c1cc(NC(=O)c2ccc(C)c(C#Cc3cnc4c(c3)OCC(=O)N4)c2)ccc1CN1CCN(C)CC1. The molecule has 0 aliphatic carbocycles. The lowest BCUT2D eigenvalue weighted by Gasteiger charge is -2.32. The number of pyridine rings is 1. The van der Waals surface area contributed by atoms with E-state index >= 15 is 0 Å². The molecule has 2 radical (unpaired) electrons. The molecule has 5 rings (SSSR count). The van der Waals surface area contributed by atoms with E-state index in [0.29, 0.717) is 32.2 Å². The Bertz CT molecular complexity index is 1470. The molecular formula is C30H31N5O3Si. The van der Waals surface area contributed by atoms with Gasteiger partial charge in [-0.1, -0.05) is 35.7 Å². The van der Waals surface area contributed by atoms with E-state index in [4.69, 9.17) is 4.74 Å². The molecule has 0 spiro atoms. The average molecular weight is 538 g/mol. The Morgan fingerprint density at radius 1 is 1.13 bits per heavy atom. The van der Waals surface area contributed by atoms with E-state index in [2.05, 4.69) is 63.0 Å². The number of nitrogens with one attached hydrogen (secondary N) is 2. The van der Waals surface area contributed by atoms with E-state index < -0.39 is 0 Å². The molecule has 2 aliphatic heterocycles. The number of aromatic nitrogens is 1. The zero-order valence-electron chi connectivity index (χ0n) is 22.4. The Kier molecular flexibility index (Phi) is 8.07. The monoisotopic (exact) mass is 537 g/mol. The van der Waals surface area contributed by atoms with Gasteiger partial charge in [-0.2, -0.15) is 0 Å². The van der Waals surface area contributed by atoms with Gasteiger partial charge in [0.1, 0.15) is 0 Å². The third kappa shape index (κ3) is 6.54. The van der Waals surface area contributed by atoms with E-state index in [9.17, 15) is 9.59 Å². The van der Waals surface area contributed by atoms with Crippen molar-refractivity contribution in [3.05, 3.63) is 76.5 Å². The van der Waals surface area contributed by atoms with E-state index in [1.165, 1.54) is 10.8 Å². The highest BCUT2D eigenvalue weighted by Gasteiger charge is 2.18. The molecule has 3 aromatic rings. The van der Waals surface area contributed by atoms with Gasteiger partial charge in [0, 0.05) is 67.4 Å². The minimum absolute atomic E-state index is 0.0407. The number of anilines is 2. The molecule has 1 fully saturated rings. The maximum Gasteiger partial charge on any atom is 0.263 e. The molecular weight excluding hydrogens is 506 g/mol. The second-order valence-corrected chi connectivity index (χ2v) is 10.9. The second-order valence-electron chi connectivity index (χ2n) is 9.84. The highest BCUT2D eigenvalue weighted by Crippen LogP contribution is 2.25. The first-order chi connectivity index (χ1) is 18.9. The number of carbonyl (C=O) groups is 2. The summed E-state index contributed by atoms with van der Waals surface area (Å²) in [4.78, 5) is 33.7. The van der Waals surface area contributed by atoms with Crippen LogP contribution in [0.5, 0.6) is 5.75 Å². The summed E-state index contributed by atoms with van der Waals surface area (Å²) in [5, 5.41) is 7.01. The van der Waals surface area contributed by atoms with Crippen molar-refractivity contribution >= 4 is 38.0 Å². The topological polar surface area (TPSA) is 86.8 Å². The minimum Gasteiger partial charge on any atom is -0.480 e. The fourth-order valence-electron chi connectivity index (χ4n) is 4.54. The zero-order chi connectivity index (χ0) is 27.4. The number of nitrogens with zero attached hydrogens (tertiary/aromatic N) is 3. The van der Waals surface area contributed by atoms with Crippen LogP contribution in [0, 0.1) is 18.8 Å². The van der Waals surface area contributed by atoms with Gasteiger partial charge in [-0.05, 0) is 49.4 Å². The quantitative estimate of drug-likeness (QED) is 0.384. The molecule has 1 aromatic heterocycles. The molecule has 0 atom stereocenters. The number of amides is 2. The average Bonchev–Trinajstić information content (AvgIpc) is 2.94. The van der Waals surface area contributed by atoms with Crippen molar-refractivity contribution in [3.63, 3.8) is 0 Å². The molecule has 3 heterocycles. The van der Waals surface area contributed by atoms with E-state index in [0.717, 1.165) is 49.5 Å². The largest absolute Gasteiger partial charge is 0.480 e. The van der Waals surface area contributed by atoms with Crippen molar-refractivity contribution in [2.75, 3.05) is 50.5 Å². The zero-order valence-corrected chi connectivity index (χ0v) is 23.4. The smallest absolute Gasteiger partial charge is 0.263 e. The summed E-state index contributed by atoms with van der Waals surface area (Å²) in [6.07, 6.45) is 1.59. The van der Waals surface area contributed by atoms with E-state index in [1.807, 2.05) is 31.2 Å². The molecule has 39 heavy (non-hydrogen) atoms. The van der Waals surface area contributed by atoms with Crippen LogP contribution in [-0.2, 0) is 11.3 Å². The van der Waals surface area contributed by atoms with Crippen LogP contribution < -0.4 is 20.6 Å². The van der Waals surface area contributed by atoms with E-state index in [-0.39, 0.29) is 18.4 Å². The Balaban J connectivity index is 1.28. The number of carbonyl (C=O) groups excluding carboxylic acids is 2. The fraction of sp³-hybridized carbons (Fsp3) is 0.300.